The minimum Gasteiger partial charge on any atom is -0.481 e. The van der Waals surface area contributed by atoms with Gasteiger partial charge in [-0.2, -0.15) is 0 Å². The van der Waals surface area contributed by atoms with Crippen LogP contribution in [0.5, 0.6) is 0 Å². The van der Waals surface area contributed by atoms with Gasteiger partial charge in [0.15, 0.2) is 0 Å². The zero-order chi connectivity index (χ0) is 17.8. The number of aromatic nitrogens is 1. The molecule has 6 nitrogen and oxygen atoms in total. The molecule has 1 aromatic carbocycles. The van der Waals surface area contributed by atoms with Crippen LogP contribution < -0.4 is 5.32 Å². The van der Waals surface area contributed by atoms with Gasteiger partial charge < -0.3 is 15.3 Å². The first-order valence-corrected chi connectivity index (χ1v) is 9.18. The van der Waals surface area contributed by atoms with Gasteiger partial charge in [0.1, 0.15) is 5.01 Å². The maximum atomic E-state index is 12.2. The molecule has 25 heavy (non-hydrogen) atoms. The summed E-state index contributed by atoms with van der Waals surface area (Å²) in [5.74, 6) is -1.31. The standard InChI is InChI=1S/C17H18ClN3O3S/c18-13-5-3-11(4-6-13)15-19-8-14(25-15)9-20-17(24)21-7-1-2-12(10-21)16(22)23/h3-6,8,12H,1-2,7,9-10H2,(H,20,24)(H,22,23). The second-order valence-corrected chi connectivity index (χ2v) is 7.47. The van der Waals surface area contributed by atoms with Crippen LogP contribution in [0.1, 0.15) is 17.7 Å². The van der Waals surface area contributed by atoms with E-state index in [4.69, 9.17) is 16.7 Å². The first kappa shape index (κ1) is 17.7. The number of amides is 2. The number of thiazole rings is 1. The Kier molecular flexibility index (Phi) is 5.55. The maximum Gasteiger partial charge on any atom is 0.317 e. The van der Waals surface area contributed by atoms with E-state index >= 15 is 0 Å². The predicted octanol–water partition coefficient (Wildman–Crippen LogP) is 3.47. The first-order chi connectivity index (χ1) is 12.0. The summed E-state index contributed by atoms with van der Waals surface area (Å²) in [6.07, 6.45) is 3.08. The zero-order valence-electron chi connectivity index (χ0n) is 13.4. The predicted molar refractivity (Wildman–Crippen MR) is 96.7 cm³/mol. The molecule has 1 atom stereocenters. The molecule has 1 unspecified atom stereocenters. The van der Waals surface area contributed by atoms with Crippen molar-refractivity contribution in [2.24, 2.45) is 5.92 Å². The van der Waals surface area contributed by atoms with E-state index in [9.17, 15) is 9.59 Å². The minimum atomic E-state index is -0.840. The number of piperidine rings is 1. The molecule has 2 heterocycles. The molecular weight excluding hydrogens is 362 g/mol. The highest BCUT2D eigenvalue weighted by Crippen LogP contribution is 2.26. The van der Waals surface area contributed by atoms with Gasteiger partial charge in [0, 0.05) is 34.7 Å². The van der Waals surface area contributed by atoms with Gasteiger partial charge in [0.05, 0.1) is 12.5 Å². The quantitative estimate of drug-likeness (QED) is 0.852. The van der Waals surface area contributed by atoms with Crippen LogP contribution in [-0.2, 0) is 11.3 Å². The number of urea groups is 1. The number of hydrogen-bond acceptors (Lipinski definition) is 4. The molecule has 132 valence electrons. The number of hydrogen-bond donors (Lipinski definition) is 2. The second kappa shape index (κ2) is 7.84. The molecule has 1 aliphatic heterocycles. The molecule has 0 radical (unpaired) electrons. The number of carbonyl (C=O) groups is 2. The van der Waals surface area contributed by atoms with Crippen LogP contribution in [0.2, 0.25) is 5.02 Å². The molecule has 0 saturated carbocycles. The number of halogens is 1. The SMILES string of the molecule is O=C(O)C1CCCN(C(=O)NCc2cnc(-c3ccc(Cl)cc3)s2)C1. The summed E-state index contributed by atoms with van der Waals surface area (Å²) < 4.78 is 0. The maximum absolute atomic E-state index is 12.2. The summed E-state index contributed by atoms with van der Waals surface area (Å²) in [5.41, 5.74) is 0.979. The van der Waals surface area contributed by atoms with Crippen molar-refractivity contribution in [1.29, 1.82) is 0 Å². The summed E-state index contributed by atoms with van der Waals surface area (Å²) in [4.78, 5) is 30.2. The summed E-state index contributed by atoms with van der Waals surface area (Å²) in [6.45, 7) is 1.23. The minimum absolute atomic E-state index is 0.229. The van der Waals surface area contributed by atoms with Gasteiger partial charge in [-0.3, -0.25) is 4.79 Å². The fourth-order valence-corrected chi connectivity index (χ4v) is 3.74. The van der Waals surface area contributed by atoms with Crippen LogP contribution >= 0.6 is 22.9 Å². The third-order valence-electron chi connectivity index (χ3n) is 4.12. The van der Waals surface area contributed by atoms with Gasteiger partial charge in [0.25, 0.3) is 0 Å². The first-order valence-electron chi connectivity index (χ1n) is 7.99. The van der Waals surface area contributed by atoms with Gasteiger partial charge in [-0.25, -0.2) is 9.78 Å². The summed E-state index contributed by atoms with van der Waals surface area (Å²) in [6, 6.07) is 7.21. The fourth-order valence-electron chi connectivity index (χ4n) is 2.75. The van der Waals surface area contributed by atoms with E-state index in [1.807, 2.05) is 24.3 Å². The van der Waals surface area contributed by atoms with Crippen molar-refractivity contribution in [3.05, 3.63) is 40.4 Å². The number of carboxylic acid groups (broad SMARTS) is 1. The summed E-state index contributed by atoms with van der Waals surface area (Å²) in [7, 11) is 0. The van der Waals surface area contributed by atoms with E-state index in [-0.39, 0.29) is 12.6 Å². The van der Waals surface area contributed by atoms with Crippen molar-refractivity contribution in [2.75, 3.05) is 13.1 Å². The molecule has 2 amide bonds. The van der Waals surface area contributed by atoms with Crippen LogP contribution in [0.15, 0.2) is 30.5 Å². The molecule has 0 bridgehead atoms. The summed E-state index contributed by atoms with van der Waals surface area (Å²) >= 11 is 7.39. The van der Waals surface area contributed by atoms with Crippen LogP contribution in [0.25, 0.3) is 10.6 Å². The number of nitrogens with zero attached hydrogens (tertiary/aromatic N) is 2. The zero-order valence-corrected chi connectivity index (χ0v) is 15.0. The van der Waals surface area contributed by atoms with Crippen molar-refractivity contribution in [2.45, 2.75) is 19.4 Å². The van der Waals surface area contributed by atoms with Crippen LogP contribution in [0, 0.1) is 5.92 Å². The Morgan fingerprint density at radius 1 is 1.36 bits per heavy atom. The molecule has 0 aliphatic carbocycles. The average Bonchev–Trinajstić information content (AvgIpc) is 3.09. The number of nitrogens with one attached hydrogen (secondary N) is 1. The van der Waals surface area contributed by atoms with E-state index in [0.29, 0.717) is 31.0 Å². The van der Waals surface area contributed by atoms with Gasteiger partial charge in [-0.05, 0) is 25.0 Å². The van der Waals surface area contributed by atoms with E-state index in [2.05, 4.69) is 10.3 Å². The van der Waals surface area contributed by atoms with Crippen molar-refractivity contribution in [3.8, 4) is 10.6 Å². The van der Waals surface area contributed by atoms with E-state index in [1.54, 1.807) is 11.1 Å². The molecule has 1 fully saturated rings. The third-order valence-corrected chi connectivity index (χ3v) is 5.41. The van der Waals surface area contributed by atoms with Gasteiger partial charge in [0.2, 0.25) is 0 Å². The normalized spacial score (nSPS) is 17.3. The van der Waals surface area contributed by atoms with Crippen molar-refractivity contribution >= 4 is 34.9 Å². The lowest BCUT2D eigenvalue weighted by molar-refractivity contribution is -0.143. The lowest BCUT2D eigenvalue weighted by Crippen LogP contribution is -2.46. The van der Waals surface area contributed by atoms with E-state index < -0.39 is 11.9 Å². The summed E-state index contributed by atoms with van der Waals surface area (Å²) in [5, 5.41) is 13.5. The molecule has 1 saturated heterocycles. The lowest BCUT2D eigenvalue weighted by Gasteiger charge is -2.30. The molecule has 8 heteroatoms. The average molecular weight is 380 g/mol. The van der Waals surface area contributed by atoms with E-state index in [0.717, 1.165) is 15.4 Å². The van der Waals surface area contributed by atoms with Crippen LogP contribution in [0.3, 0.4) is 0 Å². The smallest absolute Gasteiger partial charge is 0.317 e. The number of carboxylic acids is 1. The highest BCUT2D eigenvalue weighted by Gasteiger charge is 2.27. The largest absolute Gasteiger partial charge is 0.481 e. The third kappa shape index (κ3) is 4.49. The molecule has 0 spiro atoms. The number of aliphatic carboxylic acids is 1. The second-order valence-electron chi connectivity index (χ2n) is 5.92. The van der Waals surface area contributed by atoms with Crippen molar-refractivity contribution < 1.29 is 14.7 Å². The Bertz CT molecular complexity index is 763. The molecule has 1 aromatic heterocycles. The molecule has 2 N–H and O–H groups in total. The van der Waals surface area contributed by atoms with Crippen molar-refractivity contribution in [1.82, 2.24) is 15.2 Å². The number of carbonyl (C=O) groups excluding carboxylic acids is 1. The lowest BCUT2D eigenvalue weighted by atomic mass is 9.99. The molecule has 1 aliphatic rings. The topological polar surface area (TPSA) is 82.5 Å². The van der Waals surface area contributed by atoms with Crippen LogP contribution in [-0.4, -0.2) is 40.1 Å². The Labute approximate surface area is 154 Å². The van der Waals surface area contributed by atoms with Crippen LogP contribution in [0.4, 0.5) is 4.79 Å². The Morgan fingerprint density at radius 2 is 2.12 bits per heavy atom. The Hall–Kier alpha value is -2.12. The van der Waals surface area contributed by atoms with Crippen molar-refractivity contribution in [3.63, 3.8) is 0 Å². The highest BCUT2D eigenvalue weighted by atomic mass is 35.5. The number of benzene rings is 1. The Morgan fingerprint density at radius 3 is 2.84 bits per heavy atom. The fraction of sp³-hybridized carbons (Fsp3) is 0.353. The molecular formula is C17H18ClN3O3S. The van der Waals surface area contributed by atoms with Gasteiger partial charge in [-0.15, -0.1) is 11.3 Å². The monoisotopic (exact) mass is 379 g/mol. The van der Waals surface area contributed by atoms with E-state index in [1.165, 1.54) is 11.3 Å². The number of likely N-dealkylation sites (tertiary alicyclic amines) is 1. The number of rotatable bonds is 4. The Balaban J connectivity index is 1.56. The van der Waals surface area contributed by atoms with Gasteiger partial charge >= 0.3 is 12.0 Å². The molecule has 3 rings (SSSR count). The highest BCUT2D eigenvalue weighted by molar-refractivity contribution is 7.15. The molecule has 2 aromatic rings. The van der Waals surface area contributed by atoms with Gasteiger partial charge in [-0.1, -0.05) is 23.7 Å².